The average Bonchev–Trinajstić information content (AvgIpc) is 3.28. The summed E-state index contributed by atoms with van der Waals surface area (Å²) < 4.78 is 10.6. The number of hydrogen-bond acceptors (Lipinski definition) is 6. The molecule has 1 aromatic carbocycles. The van der Waals surface area contributed by atoms with E-state index in [-0.39, 0.29) is 6.61 Å². The molecular formula is C23H23ClN2O4S. The van der Waals surface area contributed by atoms with Crippen LogP contribution in [0.5, 0.6) is 0 Å². The standard InChI is InChI=1S/C23H23ClN2O4S/c1-4-29-23(28)19-15-10-9-12(2)11-17(15)31-22(19)25-21(27)18-13(3)30-26-20(18)14-7-5-6-8-16(14)24/h5-8,12H,4,9-11H2,1-3H3,(H,25,27)/t12-/m0/s1. The number of amides is 1. The lowest BCUT2D eigenvalue weighted by Crippen LogP contribution is -2.17. The zero-order valence-corrected chi connectivity index (χ0v) is 19.2. The van der Waals surface area contributed by atoms with Gasteiger partial charge in [0.2, 0.25) is 0 Å². The van der Waals surface area contributed by atoms with Crippen molar-refractivity contribution in [1.82, 2.24) is 5.16 Å². The van der Waals surface area contributed by atoms with E-state index < -0.39 is 11.9 Å². The third-order valence-corrected chi connectivity index (χ3v) is 6.94. The molecule has 0 bridgehead atoms. The van der Waals surface area contributed by atoms with E-state index in [0.717, 1.165) is 29.7 Å². The topological polar surface area (TPSA) is 81.4 Å². The lowest BCUT2D eigenvalue weighted by atomic mass is 9.88. The molecule has 6 nitrogen and oxygen atoms in total. The highest BCUT2D eigenvalue weighted by Gasteiger charge is 2.31. The summed E-state index contributed by atoms with van der Waals surface area (Å²) in [5.74, 6) is 0.112. The summed E-state index contributed by atoms with van der Waals surface area (Å²) in [5, 5.41) is 7.97. The van der Waals surface area contributed by atoms with Crippen molar-refractivity contribution in [3.8, 4) is 11.3 Å². The molecule has 0 radical (unpaired) electrons. The molecule has 162 valence electrons. The quantitative estimate of drug-likeness (QED) is 0.480. The number of aromatic nitrogens is 1. The highest BCUT2D eigenvalue weighted by molar-refractivity contribution is 7.17. The van der Waals surface area contributed by atoms with Crippen molar-refractivity contribution in [3.63, 3.8) is 0 Å². The van der Waals surface area contributed by atoms with Gasteiger partial charge in [0.15, 0.2) is 0 Å². The van der Waals surface area contributed by atoms with E-state index in [1.54, 1.807) is 32.0 Å². The highest BCUT2D eigenvalue weighted by atomic mass is 35.5. The van der Waals surface area contributed by atoms with Crippen LogP contribution in [0.25, 0.3) is 11.3 Å². The van der Waals surface area contributed by atoms with Gasteiger partial charge in [0.1, 0.15) is 22.0 Å². The summed E-state index contributed by atoms with van der Waals surface area (Å²) in [6, 6.07) is 7.14. The molecule has 0 saturated carbocycles. The van der Waals surface area contributed by atoms with Crippen LogP contribution < -0.4 is 5.32 Å². The first-order chi connectivity index (χ1) is 14.9. The predicted octanol–water partition coefficient (Wildman–Crippen LogP) is 5.92. The number of thiophene rings is 1. The van der Waals surface area contributed by atoms with Gasteiger partial charge in [0, 0.05) is 10.4 Å². The number of benzene rings is 1. The van der Waals surface area contributed by atoms with E-state index >= 15 is 0 Å². The molecule has 0 fully saturated rings. The number of fused-ring (bicyclic) bond motifs is 1. The Bertz CT molecular complexity index is 1150. The van der Waals surface area contributed by atoms with Crippen LogP contribution in [0, 0.1) is 12.8 Å². The Morgan fingerprint density at radius 1 is 1.32 bits per heavy atom. The van der Waals surface area contributed by atoms with Crippen LogP contribution in [0.15, 0.2) is 28.8 Å². The molecule has 2 aromatic heterocycles. The van der Waals surface area contributed by atoms with Crippen LogP contribution in [0.1, 0.15) is 57.2 Å². The molecule has 0 aliphatic heterocycles. The second kappa shape index (κ2) is 8.85. The van der Waals surface area contributed by atoms with Crippen molar-refractivity contribution >= 4 is 39.8 Å². The Balaban J connectivity index is 1.73. The monoisotopic (exact) mass is 458 g/mol. The van der Waals surface area contributed by atoms with Crippen LogP contribution in [0.2, 0.25) is 5.02 Å². The SMILES string of the molecule is CCOC(=O)c1c(NC(=O)c2c(-c3ccccc3Cl)noc2C)sc2c1CC[C@H](C)C2. The molecule has 2 heterocycles. The second-order valence-electron chi connectivity index (χ2n) is 7.67. The van der Waals surface area contributed by atoms with E-state index in [4.69, 9.17) is 20.9 Å². The Kier molecular flexibility index (Phi) is 6.16. The van der Waals surface area contributed by atoms with Crippen molar-refractivity contribution in [2.24, 2.45) is 5.92 Å². The fraction of sp³-hybridized carbons (Fsp3) is 0.348. The maximum Gasteiger partial charge on any atom is 0.341 e. The van der Waals surface area contributed by atoms with Gasteiger partial charge >= 0.3 is 5.97 Å². The van der Waals surface area contributed by atoms with Crippen molar-refractivity contribution in [2.45, 2.75) is 40.0 Å². The van der Waals surface area contributed by atoms with Crippen LogP contribution >= 0.6 is 22.9 Å². The fourth-order valence-electron chi connectivity index (χ4n) is 3.90. The Morgan fingerprint density at radius 3 is 2.84 bits per heavy atom. The molecule has 4 rings (SSSR count). The number of anilines is 1. The number of carbonyl (C=O) groups excluding carboxylic acids is 2. The van der Waals surface area contributed by atoms with Crippen molar-refractivity contribution in [1.29, 1.82) is 0 Å². The number of aryl methyl sites for hydroxylation is 1. The number of carbonyl (C=O) groups is 2. The van der Waals surface area contributed by atoms with Crippen molar-refractivity contribution < 1.29 is 18.8 Å². The summed E-state index contributed by atoms with van der Waals surface area (Å²) in [7, 11) is 0. The van der Waals surface area contributed by atoms with Gasteiger partial charge < -0.3 is 14.6 Å². The number of ether oxygens (including phenoxy) is 1. The van der Waals surface area contributed by atoms with Gasteiger partial charge in [-0.05, 0) is 50.7 Å². The van der Waals surface area contributed by atoms with E-state index in [1.807, 2.05) is 6.07 Å². The summed E-state index contributed by atoms with van der Waals surface area (Å²) in [6.07, 6.45) is 2.69. The molecule has 31 heavy (non-hydrogen) atoms. The van der Waals surface area contributed by atoms with E-state index in [0.29, 0.717) is 44.1 Å². The highest BCUT2D eigenvalue weighted by Crippen LogP contribution is 2.41. The third kappa shape index (κ3) is 4.12. The zero-order chi connectivity index (χ0) is 22.1. The molecule has 1 atom stereocenters. The maximum absolute atomic E-state index is 13.3. The number of nitrogens with one attached hydrogen (secondary N) is 1. The minimum Gasteiger partial charge on any atom is -0.462 e. The van der Waals surface area contributed by atoms with Crippen molar-refractivity contribution in [3.05, 3.63) is 56.6 Å². The van der Waals surface area contributed by atoms with Gasteiger partial charge in [-0.1, -0.05) is 41.9 Å². The number of rotatable bonds is 5. The van der Waals surface area contributed by atoms with E-state index in [2.05, 4.69) is 17.4 Å². The lowest BCUT2D eigenvalue weighted by Gasteiger charge is -2.18. The van der Waals surface area contributed by atoms with Crippen LogP contribution in [0.3, 0.4) is 0 Å². The normalized spacial score (nSPS) is 15.4. The predicted molar refractivity (Wildman–Crippen MR) is 121 cm³/mol. The molecule has 1 aliphatic carbocycles. The Morgan fingerprint density at radius 2 is 2.10 bits per heavy atom. The smallest absolute Gasteiger partial charge is 0.341 e. The van der Waals surface area contributed by atoms with Gasteiger partial charge in [-0.15, -0.1) is 11.3 Å². The van der Waals surface area contributed by atoms with Crippen LogP contribution in [0.4, 0.5) is 5.00 Å². The average molecular weight is 459 g/mol. The molecule has 1 N–H and O–H groups in total. The minimum atomic E-state index is -0.404. The first-order valence-corrected chi connectivity index (χ1v) is 11.4. The van der Waals surface area contributed by atoms with Gasteiger partial charge in [0.25, 0.3) is 5.91 Å². The molecule has 1 amide bonds. The lowest BCUT2D eigenvalue weighted by molar-refractivity contribution is 0.0526. The molecule has 3 aromatic rings. The third-order valence-electron chi connectivity index (χ3n) is 5.44. The number of esters is 1. The summed E-state index contributed by atoms with van der Waals surface area (Å²) in [6.45, 7) is 5.92. The number of halogens is 1. The molecule has 0 unspecified atom stereocenters. The summed E-state index contributed by atoms with van der Waals surface area (Å²) in [5.41, 5.74) is 2.73. The van der Waals surface area contributed by atoms with Gasteiger partial charge in [-0.2, -0.15) is 0 Å². The van der Waals surface area contributed by atoms with Crippen molar-refractivity contribution in [2.75, 3.05) is 11.9 Å². The Labute approximate surface area is 189 Å². The minimum absolute atomic E-state index is 0.272. The number of nitrogens with zero attached hydrogens (tertiary/aromatic N) is 1. The van der Waals surface area contributed by atoms with Gasteiger partial charge in [-0.3, -0.25) is 4.79 Å². The molecule has 0 spiro atoms. The second-order valence-corrected chi connectivity index (χ2v) is 9.19. The summed E-state index contributed by atoms with van der Waals surface area (Å²) >= 11 is 7.76. The van der Waals surface area contributed by atoms with Gasteiger partial charge in [-0.25, -0.2) is 4.79 Å². The maximum atomic E-state index is 13.3. The largest absolute Gasteiger partial charge is 0.462 e. The Hall–Kier alpha value is -2.64. The zero-order valence-electron chi connectivity index (χ0n) is 17.6. The molecular weight excluding hydrogens is 436 g/mol. The molecule has 0 saturated heterocycles. The van der Waals surface area contributed by atoms with Crippen LogP contribution in [-0.2, 0) is 17.6 Å². The van der Waals surface area contributed by atoms with Crippen LogP contribution in [-0.4, -0.2) is 23.6 Å². The van der Waals surface area contributed by atoms with Gasteiger partial charge in [0.05, 0.1) is 17.2 Å². The summed E-state index contributed by atoms with van der Waals surface area (Å²) in [4.78, 5) is 27.2. The fourth-order valence-corrected chi connectivity index (χ4v) is 5.52. The number of hydrogen-bond donors (Lipinski definition) is 1. The molecule has 8 heteroatoms. The van der Waals surface area contributed by atoms with E-state index in [1.165, 1.54) is 11.3 Å². The first kappa shape index (κ1) is 21.6. The first-order valence-electron chi connectivity index (χ1n) is 10.2. The molecule has 1 aliphatic rings. The van der Waals surface area contributed by atoms with E-state index in [9.17, 15) is 9.59 Å².